The number of carboxylic acid groups (broad SMARTS) is 4. The van der Waals surface area contributed by atoms with Crippen LogP contribution in [0.1, 0.15) is 180 Å². The minimum Gasteiger partial charge on any atom is -0.481 e. The van der Waals surface area contributed by atoms with E-state index in [0.717, 1.165) is 69.1 Å². The van der Waals surface area contributed by atoms with Crippen molar-refractivity contribution >= 4 is 112 Å². The molecule has 8 rings (SSSR count). The number of carbonyl (C=O) groups excluding carboxylic acids is 11. The minimum atomic E-state index is -1.62. The molecule has 4 aromatic carbocycles. The van der Waals surface area contributed by atoms with E-state index >= 15 is 8.78 Å². The Balaban J connectivity index is 0.000000336. The number of carboxylic acids is 4. The van der Waals surface area contributed by atoms with Crippen LogP contribution in [0, 0.1) is 45.9 Å². The Morgan fingerprint density at radius 2 is 0.893 bits per heavy atom. The van der Waals surface area contributed by atoms with E-state index in [0.29, 0.717) is 61.3 Å². The molecule has 0 aliphatic carbocycles. The van der Waals surface area contributed by atoms with Crippen LogP contribution < -0.4 is 16.0 Å². The van der Waals surface area contributed by atoms with Gasteiger partial charge in [-0.3, -0.25) is 72.1 Å². The van der Waals surface area contributed by atoms with Crippen molar-refractivity contribution in [3.8, 4) is 22.3 Å². The SMILES string of the molecule is CC1CC(=O)N(CC(=O)CCCCN(C(=O)CSCCC(=O)NCCC(=O)NC(CC(=O)O)C(=O)O)C(c2cc(-c3cc(F)ccc3F)cn2Cc2ccccc2)C(C)(C)C)C1=O.CC1CC(=O)N(CC(=O)CCCCN(C(=O)CSCCC(=O)N[C@@H](CCC(=O)O)C(=O)O)[C@@H](c2cc(-c3cc(F)ccc3F)cn2Cc2ccccc2)C(C)(C)C)C1=O. The number of rotatable bonds is 46. The van der Waals surface area contributed by atoms with Gasteiger partial charge in [0.1, 0.15) is 35.4 Å². The molecule has 0 radical (unpaired) electrons. The summed E-state index contributed by atoms with van der Waals surface area (Å²) in [4.78, 5) is 191. The molecule has 6 aromatic rings. The van der Waals surface area contributed by atoms with E-state index in [1.807, 2.05) is 111 Å². The van der Waals surface area contributed by atoms with E-state index in [9.17, 15) is 85.8 Å². The lowest BCUT2D eigenvalue weighted by atomic mass is 9.82. The zero-order chi connectivity index (χ0) is 89.9. The summed E-state index contributed by atoms with van der Waals surface area (Å²) in [5.41, 5.74) is 2.78. The molecule has 0 saturated carbocycles. The first kappa shape index (κ1) is 97.8. The minimum absolute atomic E-state index is 0.0234. The molecule has 4 heterocycles. The number of amides is 9. The summed E-state index contributed by atoms with van der Waals surface area (Å²) in [7, 11) is 0. The lowest BCUT2D eigenvalue weighted by Gasteiger charge is -2.41. The van der Waals surface area contributed by atoms with E-state index in [-0.39, 0.29) is 165 Å². The first-order valence-corrected chi connectivity index (χ1v) is 42.5. The third-order valence-electron chi connectivity index (χ3n) is 20.4. The summed E-state index contributed by atoms with van der Waals surface area (Å²) < 4.78 is 63.3. The monoisotopic (exact) mass is 1730 g/mol. The van der Waals surface area contributed by atoms with Crippen molar-refractivity contribution in [3.63, 3.8) is 0 Å². The Bertz CT molecular complexity index is 4760. The third kappa shape index (κ3) is 29.8. The fourth-order valence-electron chi connectivity index (χ4n) is 14.4. The number of Topliss-reactive ketones (excluding diaryl/α,β-unsaturated/α-hetero) is 2. The number of unbranched alkanes of at least 4 members (excludes halogenated alkanes) is 2. The van der Waals surface area contributed by atoms with Gasteiger partial charge in [0.25, 0.3) is 0 Å². The number of nitrogens with zero attached hydrogens (tertiary/aromatic N) is 6. The number of aliphatic carboxylic acids is 4. The second-order valence-electron chi connectivity index (χ2n) is 32.5. The Labute approximate surface area is 713 Å². The van der Waals surface area contributed by atoms with Gasteiger partial charge in [0.15, 0.2) is 11.6 Å². The molecule has 2 saturated heterocycles. The van der Waals surface area contributed by atoms with E-state index in [1.165, 1.54) is 11.8 Å². The Morgan fingerprint density at radius 1 is 0.492 bits per heavy atom. The van der Waals surface area contributed by atoms with Gasteiger partial charge in [-0.1, -0.05) is 116 Å². The zero-order valence-electron chi connectivity index (χ0n) is 69.6. The highest BCUT2D eigenvalue weighted by atomic mass is 32.2. The quantitative estimate of drug-likeness (QED) is 0.0106. The van der Waals surface area contributed by atoms with E-state index < -0.39 is 125 Å². The molecular weight excluding hydrogens is 1630 g/mol. The predicted molar refractivity (Wildman–Crippen MR) is 447 cm³/mol. The van der Waals surface area contributed by atoms with Crippen molar-refractivity contribution in [1.82, 2.24) is 44.7 Å². The van der Waals surface area contributed by atoms with Crippen molar-refractivity contribution < 1.29 is 110 Å². The number of aromatic nitrogens is 2. The number of imide groups is 2. The molecule has 34 heteroatoms. The van der Waals surface area contributed by atoms with Crippen molar-refractivity contribution in [1.29, 1.82) is 0 Å². The predicted octanol–water partition coefficient (Wildman–Crippen LogP) is 11.3. The summed E-state index contributed by atoms with van der Waals surface area (Å²) in [5.74, 6) is -13.1. The van der Waals surface area contributed by atoms with Crippen molar-refractivity contribution in [2.45, 2.75) is 183 Å². The van der Waals surface area contributed by atoms with Gasteiger partial charge in [0.05, 0.1) is 43.1 Å². The number of benzene rings is 4. The highest BCUT2D eigenvalue weighted by molar-refractivity contribution is 8.00. The fourth-order valence-corrected chi connectivity index (χ4v) is 16.0. The molecule has 2 aromatic heterocycles. The molecule has 9 amide bonds. The average molecular weight is 1730 g/mol. The fraction of sp³-hybridized carbons (Fsp3) is 0.466. The van der Waals surface area contributed by atoms with Gasteiger partial charge < -0.3 is 55.3 Å². The summed E-state index contributed by atoms with van der Waals surface area (Å²) in [6.45, 7) is 15.3. The van der Waals surface area contributed by atoms with Crippen molar-refractivity contribution in [2.24, 2.45) is 22.7 Å². The first-order valence-electron chi connectivity index (χ1n) is 40.2. The summed E-state index contributed by atoms with van der Waals surface area (Å²) in [5, 5.41) is 43.3. The Kier molecular flexibility index (Phi) is 37.0. The molecule has 0 bridgehead atoms. The summed E-state index contributed by atoms with van der Waals surface area (Å²) >= 11 is 2.35. The number of hydrogen-bond donors (Lipinski definition) is 7. The highest BCUT2D eigenvalue weighted by Gasteiger charge is 2.42. The van der Waals surface area contributed by atoms with Crippen LogP contribution in [0.25, 0.3) is 22.3 Å². The van der Waals surface area contributed by atoms with Gasteiger partial charge >= 0.3 is 23.9 Å². The molecule has 6 atom stereocenters. The van der Waals surface area contributed by atoms with Crippen LogP contribution in [-0.2, 0) is 85.0 Å². The number of ketones is 2. The number of nitrogens with one attached hydrogen (secondary N) is 3. The van der Waals surface area contributed by atoms with Gasteiger partial charge in [-0.15, -0.1) is 0 Å². The maximum Gasteiger partial charge on any atom is 0.326 e. The number of hydrogen-bond acceptors (Lipinski definition) is 17. The number of likely N-dealkylation sites (tertiary alicyclic amines) is 2. The van der Waals surface area contributed by atoms with Crippen LogP contribution in [-0.4, -0.2) is 206 Å². The zero-order valence-corrected chi connectivity index (χ0v) is 71.2. The van der Waals surface area contributed by atoms with Crippen LogP contribution >= 0.6 is 23.5 Å². The van der Waals surface area contributed by atoms with Gasteiger partial charge in [-0.2, -0.15) is 23.5 Å². The van der Waals surface area contributed by atoms with Crippen LogP contribution in [0.2, 0.25) is 0 Å². The third-order valence-corrected chi connectivity index (χ3v) is 22.3. The summed E-state index contributed by atoms with van der Waals surface area (Å²) in [6.07, 6.45) is 3.17. The molecular formula is C88H107F4N9O19S2. The standard InChI is InChI=1S/C45H55F2N5O10S.C43H52F2N4O9S/c1-28-20-39(56)52(43(28)60)26-32(53)12-8-9-18-51(40(57)27-63-19-16-37(54)48-17-15-38(55)49-35(44(61)62)23-41(58)59)42(45(2,3)4)36-21-30(33-22-31(46)13-14-34(33)47)25-50(36)24-29-10-6-5-7-11-29;1-27-20-37(52)49(41(27)56)25-31(50)12-8-9-18-48(38(53)26-59-19-17-36(51)46-34(42(57)58)15-16-39(54)55)40(43(2,3)4)35-21-29(32-22-30(44)13-14-33(32)45)24-47(35)23-28-10-6-5-7-11-28/h5-7,10-11,13-14,21-22,25,28,35,42H,8-9,12,15-20,23-24,26-27H2,1-4H3,(H,48,54)(H,49,55)(H,58,59)(H,61,62);5-7,10-11,13-14,21-22,24,27,34,40H,8-9,12,15-20,23,25-26H2,1-4H3,(H,46,51)(H,54,55)(H,57,58)/t;27?,34-,40-/m.0/s1. The first-order chi connectivity index (χ1) is 57.6. The molecule has 4 unspecified atom stereocenters. The lowest BCUT2D eigenvalue weighted by Crippen LogP contribution is -2.43. The molecule has 7 N–H and O–H groups in total. The van der Waals surface area contributed by atoms with Gasteiger partial charge in [0, 0.05) is 153 Å². The van der Waals surface area contributed by atoms with E-state index in [2.05, 4.69) is 16.0 Å². The van der Waals surface area contributed by atoms with Gasteiger partial charge in [-0.05, 0) is 103 Å². The van der Waals surface area contributed by atoms with Crippen LogP contribution in [0.5, 0.6) is 0 Å². The molecule has 0 spiro atoms. The van der Waals surface area contributed by atoms with Crippen LogP contribution in [0.4, 0.5) is 17.6 Å². The van der Waals surface area contributed by atoms with Gasteiger partial charge in [-0.25, -0.2) is 27.2 Å². The molecule has 28 nitrogen and oxygen atoms in total. The second-order valence-corrected chi connectivity index (χ2v) is 34.7. The maximum atomic E-state index is 15.3. The topological polar surface area (TPSA) is 396 Å². The van der Waals surface area contributed by atoms with Gasteiger partial charge in [0.2, 0.25) is 53.2 Å². The number of carbonyl (C=O) groups is 15. The highest BCUT2D eigenvalue weighted by Crippen LogP contribution is 2.44. The number of thioether (sulfide) groups is 2. The maximum absolute atomic E-state index is 15.3. The van der Waals surface area contributed by atoms with E-state index in [4.69, 9.17) is 15.3 Å². The van der Waals surface area contributed by atoms with Crippen LogP contribution in [0.3, 0.4) is 0 Å². The second kappa shape index (κ2) is 46.1. The number of halogens is 4. The molecule has 2 fully saturated rings. The van der Waals surface area contributed by atoms with Crippen molar-refractivity contribution in [2.75, 3.05) is 55.7 Å². The lowest BCUT2D eigenvalue weighted by molar-refractivity contribution is -0.147. The summed E-state index contributed by atoms with van der Waals surface area (Å²) in [6, 6.07) is 24.7. The largest absolute Gasteiger partial charge is 0.481 e. The smallest absolute Gasteiger partial charge is 0.326 e. The normalized spacial score (nSPS) is 15.0. The Hall–Kier alpha value is -11.3. The van der Waals surface area contributed by atoms with Crippen molar-refractivity contribution in [3.05, 3.63) is 167 Å². The molecule has 2 aliphatic rings. The molecule has 2 aliphatic heterocycles. The Morgan fingerprint density at radius 3 is 1.27 bits per heavy atom. The average Bonchev–Trinajstić information content (AvgIpc) is 1.60. The molecule has 122 heavy (non-hydrogen) atoms. The molecule has 658 valence electrons. The van der Waals surface area contributed by atoms with Crippen LogP contribution in [0.15, 0.2) is 122 Å². The van der Waals surface area contributed by atoms with E-state index in [1.54, 1.807) is 48.2 Å².